The highest BCUT2D eigenvalue weighted by atomic mass is 16.7. The summed E-state index contributed by atoms with van der Waals surface area (Å²) in [6.45, 7) is 2.30. The van der Waals surface area contributed by atoms with E-state index in [1.807, 2.05) is 18.2 Å². The molecule has 66 heavy (non-hydrogen) atoms. The number of allylic oxidation sites excluding steroid dienone is 13. The lowest BCUT2D eigenvalue weighted by Crippen LogP contribution is -2.61. The molecular formula is C51H82O15. The van der Waals surface area contributed by atoms with Gasteiger partial charge in [0, 0.05) is 6.42 Å². The maximum atomic E-state index is 12.9. The van der Waals surface area contributed by atoms with Gasteiger partial charge in [0.15, 0.2) is 18.7 Å². The summed E-state index contributed by atoms with van der Waals surface area (Å²) in [5, 5.41) is 72.0. The van der Waals surface area contributed by atoms with Crippen molar-refractivity contribution >= 4 is 11.9 Å². The Bertz CT molecular complexity index is 1470. The first-order valence-corrected chi connectivity index (χ1v) is 24.2. The standard InChI is InChI=1S/C51H82O15/c1-3-5-7-9-11-13-15-17-19-21-23-25-27-29-31-33-42(53)61-36-39(64-43(54)34-32-30-28-26-24-22-20-18-16-14-12-10-8-6-4-2)37-62-50-49(60)47(58)45(56)41(66-50)38-63-51-48(59)46(57)44(55)40(35-52)65-51/h6,8,11-14,17-20,24,26,30,32,39-41,44-52,55-60H,3-5,7,9-10,15-16,21-23,25,27-29,31,33-38H2,1-2H3/b8-6-,13-11-,14-12-,19-17-,20-18-,26-24-,32-30-. The zero-order valence-electron chi connectivity index (χ0n) is 39.4. The van der Waals surface area contributed by atoms with E-state index in [1.165, 1.54) is 19.3 Å². The van der Waals surface area contributed by atoms with E-state index in [0.717, 1.165) is 70.6 Å². The predicted molar refractivity (Wildman–Crippen MR) is 252 cm³/mol. The van der Waals surface area contributed by atoms with Crippen LogP contribution in [0.15, 0.2) is 85.1 Å². The SMILES string of the molecule is CC/C=C\C/C=C\C/C=C\C/C=C\C/C=C\CC(=O)OC(COC(=O)CCCCCCC/C=C\C/C=C\CCCCC)COC1OC(COC2OC(CO)C(O)C(O)C2O)C(O)C(O)C1O. The normalized spacial score (nSPS) is 26.9. The first-order valence-electron chi connectivity index (χ1n) is 24.2. The van der Waals surface area contributed by atoms with Crippen molar-refractivity contribution in [3.05, 3.63) is 85.1 Å². The molecule has 0 aromatic heterocycles. The molecule has 2 aliphatic heterocycles. The molecule has 0 amide bonds. The number of esters is 2. The highest BCUT2D eigenvalue weighted by Gasteiger charge is 2.47. The van der Waals surface area contributed by atoms with Gasteiger partial charge in [-0.2, -0.15) is 0 Å². The van der Waals surface area contributed by atoms with Gasteiger partial charge in [0.2, 0.25) is 0 Å². The molecule has 0 bridgehead atoms. The van der Waals surface area contributed by atoms with E-state index in [4.69, 9.17) is 28.4 Å². The van der Waals surface area contributed by atoms with Crippen molar-refractivity contribution in [3.63, 3.8) is 0 Å². The molecule has 2 rings (SSSR count). The number of ether oxygens (including phenoxy) is 6. The third-order valence-electron chi connectivity index (χ3n) is 10.9. The Labute approximate surface area is 393 Å². The second-order valence-electron chi connectivity index (χ2n) is 16.6. The van der Waals surface area contributed by atoms with Crippen LogP contribution in [0, 0.1) is 0 Å². The van der Waals surface area contributed by atoms with Crippen molar-refractivity contribution in [2.75, 3.05) is 26.4 Å². The average Bonchev–Trinajstić information content (AvgIpc) is 3.31. The van der Waals surface area contributed by atoms with E-state index in [2.05, 4.69) is 74.6 Å². The molecule has 376 valence electrons. The highest BCUT2D eigenvalue weighted by Crippen LogP contribution is 2.26. The van der Waals surface area contributed by atoms with E-state index in [0.29, 0.717) is 12.8 Å². The molecule has 0 saturated carbocycles. The third-order valence-corrected chi connectivity index (χ3v) is 10.9. The summed E-state index contributed by atoms with van der Waals surface area (Å²) in [6, 6.07) is 0. The van der Waals surface area contributed by atoms with Crippen LogP contribution in [0.2, 0.25) is 0 Å². The molecule has 15 heteroatoms. The van der Waals surface area contributed by atoms with Gasteiger partial charge in [-0.05, 0) is 70.6 Å². The molecule has 11 atom stereocenters. The molecule has 2 heterocycles. The molecule has 0 radical (unpaired) electrons. The van der Waals surface area contributed by atoms with E-state index in [9.17, 15) is 45.3 Å². The van der Waals surface area contributed by atoms with Crippen LogP contribution < -0.4 is 0 Å². The van der Waals surface area contributed by atoms with Gasteiger partial charge in [-0.1, -0.05) is 131 Å². The fourth-order valence-electron chi connectivity index (χ4n) is 6.91. The van der Waals surface area contributed by atoms with Crippen LogP contribution in [0.1, 0.15) is 129 Å². The minimum atomic E-state index is -1.79. The summed E-state index contributed by atoms with van der Waals surface area (Å²) in [6.07, 6.45) is 27.9. The van der Waals surface area contributed by atoms with Crippen LogP contribution in [-0.4, -0.2) is 142 Å². The molecule has 0 aromatic carbocycles. The van der Waals surface area contributed by atoms with Crippen LogP contribution in [0.3, 0.4) is 0 Å². The number of unbranched alkanes of at least 4 members (excludes halogenated alkanes) is 8. The Hall–Kier alpha value is -3.32. The van der Waals surface area contributed by atoms with Gasteiger partial charge < -0.3 is 64.2 Å². The molecular weight excluding hydrogens is 853 g/mol. The number of rotatable bonds is 35. The van der Waals surface area contributed by atoms with Crippen molar-refractivity contribution in [2.45, 2.75) is 197 Å². The zero-order valence-corrected chi connectivity index (χ0v) is 39.4. The summed E-state index contributed by atoms with van der Waals surface area (Å²) in [5.74, 6) is -1.10. The largest absolute Gasteiger partial charge is 0.462 e. The number of carbonyl (C=O) groups excluding carboxylic acids is 2. The molecule has 2 saturated heterocycles. The van der Waals surface area contributed by atoms with Gasteiger partial charge in [0.05, 0.1) is 26.2 Å². The number of hydrogen-bond acceptors (Lipinski definition) is 15. The van der Waals surface area contributed by atoms with Gasteiger partial charge in [-0.25, -0.2) is 0 Å². The van der Waals surface area contributed by atoms with Crippen LogP contribution in [0.5, 0.6) is 0 Å². The Morgan fingerprint density at radius 2 is 1.00 bits per heavy atom. The Morgan fingerprint density at radius 1 is 0.515 bits per heavy atom. The fraction of sp³-hybridized carbons (Fsp3) is 0.686. The zero-order chi connectivity index (χ0) is 48.2. The molecule has 7 N–H and O–H groups in total. The summed E-state index contributed by atoms with van der Waals surface area (Å²) in [5.41, 5.74) is 0. The summed E-state index contributed by atoms with van der Waals surface area (Å²) in [4.78, 5) is 25.6. The van der Waals surface area contributed by atoms with E-state index < -0.39 is 99.3 Å². The quantitative estimate of drug-likeness (QED) is 0.0218. The Morgan fingerprint density at radius 3 is 1.58 bits per heavy atom. The highest BCUT2D eigenvalue weighted by molar-refractivity contribution is 5.71. The van der Waals surface area contributed by atoms with Gasteiger partial charge >= 0.3 is 11.9 Å². The molecule has 0 spiro atoms. The van der Waals surface area contributed by atoms with Gasteiger partial charge in [0.25, 0.3) is 0 Å². The summed E-state index contributed by atoms with van der Waals surface area (Å²) in [7, 11) is 0. The van der Waals surface area contributed by atoms with Crippen LogP contribution in [-0.2, 0) is 38.0 Å². The lowest BCUT2D eigenvalue weighted by atomic mass is 9.98. The minimum absolute atomic E-state index is 0.0746. The van der Waals surface area contributed by atoms with Crippen molar-refractivity contribution in [1.82, 2.24) is 0 Å². The van der Waals surface area contributed by atoms with Crippen molar-refractivity contribution in [2.24, 2.45) is 0 Å². The van der Waals surface area contributed by atoms with Crippen LogP contribution >= 0.6 is 0 Å². The minimum Gasteiger partial charge on any atom is -0.462 e. The number of hydrogen-bond donors (Lipinski definition) is 7. The predicted octanol–water partition coefficient (Wildman–Crippen LogP) is 6.04. The summed E-state index contributed by atoms with van der Waals surface area (Å²) < 4.78 is 33.3. The van der Waals surface area contributed by atoms with Crippen LogP contribution in [0.4, 0.5) is 0 Å². The van der Waals surface area contributed by atoms with Crippen LogP contribution in [0.25, 0.3) is 0 Å². The lowest BCUT2D eigenvalue weighted by molar-refractivity contribution is -0.332. The number of aliphatic hydroxyl groups is 7. The molecule has 2 fully saturated rings. The fourth-order valence-corrected chi connectivity index (χ4v) is 6.91. The first kappa shape index (κ1) is 58.8. The maximum absolute atomic E-state index is 12.9. The second-order valence-corrected chi connectivity index (χ2v) is 16.6. The number of aliphatic hydroxyl groups excluding tert-OH is 7. The summed E-state index contributed by atoms with van der Waals surface area (Å²) >= 11 is 0. The number of carbonyl (C=O) groups is 2. The van der Waals surface area contributed by atoms with Crippen molar-refractivity contribution in [1.29, 1.82) is 0 Å². The van der Waals surface area contributed by atoms with Gasteiger partial charge in [-0.15, -0.1) is 0 Å². The molecule has 2 aliphatic rings. The second kappa shape index (κ2) is 37.6. The third kappa shape index (κ3) is 25.7. The monoisotopic (exact) mass is 935 g/mol. The Kier molecular flexibility index (Phi) is 33.5. The van der Waals surface area contributed by atoms with E-state index in [1.54, 1.807) is 6.08 Å². The van der Waals surface area contributed by atoms with E-state index >= 15 is 0 Å². The van der Waals surface area contributed by atoms with Gasteiger partial charge in [0.1, 0.15) is 55.4 Å². The van der Waals surface area contributed by atoms with Crippen molar-refractivity contribution in [3.8, 4) is 0 Å². The first-order chi connectivity index (χ1) is 32.0. The molecule has 15 nitrogen and oxygen atoms in total. The average molecular weight is 935 g/mol. The van der Waals surface area contributed by atoms with Crippen molar-refractivity contribution < 1.29 is 73.8 Å². The molecule has 0 aliphatic carbocycles. The van der Waals surface area contributed by atoms with E-state index in [-0.39, 0.29) is 19.4 Å². The van der Waals surface area contributed by atoms with Gasteiger partial charge in [-0.3, -0.25) is 9.59 Å². The Balaban J connectivity index is 1.89. The topological polar surface area (TPSA) is 231 Å². The molecule has 0 aromatic rings. The lowest BCUT2D eigenvalue weighted by Gasteiger charge is -2.42. The maximum Gasteiger partial charge on any atom is 0.310 e. The smallest absolute Gasteiger partial charge is 0.310 e. The molecule has 11 unspecified atom stereocenters.